The van der Waals surface area contributed by atoms with Gasteiger partial charge in [0.2, 0.25) is 0 Å². The molecule has 1 saturated heterocycles. The Balaban J connectivity index is 1.60. The molecule has 1 fully saturated rings. The molecule has 3 aromatic heterocycles. The van der Waals surface area contributed by atoms with Gasteiger partial charge in [0.25, 0.3) is 0 Å². The first-order chi connectivity index (χ1) is 14.8. The van der Waals surface area contributed by atoms with E-state index in [1.54, 1.807) is 18.4 Å². The highest BCUT2D eigenvalue weighted by molar-refractivity contribution is 7.80. The molecule has 1 aliphatic heterocycles. The van der Waals surface area contributed by atoms with Crippen LogP contribution >= 0.6 is 23.6 Å². The molecule has 1 N–H and O–H groups in total. The van der Waals surface area contributed by atoms with Gasteiger partial charge in [-0.15, -0.1) is 0 Å². The third-order valence-electron chi connectivity index (χ3n) is 5.31. The van der Waals surface area contributed by atoms with Crippen molar-refractivity contribution in [1.82, 2.24) is 24.8 Å². The molecule has 0 amide bonds. The molecule has 0 bridgehead atoms. The van der Waals surface area contributed by atoms with Gasteiger partial charge in [-0.1, -0.05) is 29.5 Å². The summed E-state index contributed by atoms with van der Waals surface area (Å²) < 4.78 is 8.69. The van der Waals surface area contributed by atoms with E-state index in [0.29, 0.717) is 18.3 Å². The van der Waals surface area contributed by atoms with Crippen molar-refractivity contribution in [1.29, 1.82) is 0 Å². The summed E-state index contributed by atoms with van der Waals surface area (Å²) in [7, 11) is 1.71. The van der Waals surface area contributed by atoms with Crippen molar-refractivity contribution >= 4 is 38.9 Å². The van der Waals surface area contributed by atoms with Crippen LogP contribution in [0.5, 0.6) is 0 Å². The monoisotopic (exact) mass is 435 g/mol. The van der Waals surface area contributed by atoms with Crippen LogP contribution in [0.2, 0.25) is 0 Å². The van der Waals surface area contributed by atoms with Gasteiger partial charge in [-0.25, -0.2) is 4.98 Å². The van der Waals surface area contributed by atoms with Crippen LogP contribution in [0.4, 0.5) is 0 Å². The molecular weight excluding hydrogens is 414 g/mol. The standard InChI is InChI=1S/C22H21N5OS2/c1-28-14-13-27-20(19(25-21(27)29)16-8-4-5-11-23-16)17-9-6-12-26(17)22-24-15-7-2-3-10-18(15)30-22/h2-12,19-20H,13-14H2,1H3,(H,25,29)/t19-,20-/m1/s1. The fourth-order valence-corrected chi connectivity index (χ4v) is 5.23. The highest BCUT2D eigenvalue weighted by Gasteiger charge is 2.41. The second kappa shape index (κ2) is 8.14. The molecule has 5 rings (SSSR count). The van der Waals surface area contributed by atoms with Crippen LogP contribution in [0.3, 0.4) is 0 Å². The van der Waals surface area contributed by atoms with E-state index >= 15 is 0 Å². The summed E-state index contributed by atoms with van der Waals surface area (Å²) >= 11 is 7.39. The third-order valence-corrected chi connectivity index (χ3v) is 6.69. The number of rotatable bonds is 6. The molecule has 4 aromatic rings. The van der Waals surface area contributed by atoms with Crippen LogP contribution in [-0.2, 0) is 4.74 Å². The fraction of sp³-hybridized carbons (Fsp3) is 0.227. The van der Waals surface area contributed by atoms with Gasteiger partial charge >= 0.3 is 0 Å². The highest BCUT2D eigenvalue weighted by Crippen LogP contribution is 2.40. The maximum Gasteiger partial charge on any atom is 0.194 e. The molecule has 0 spiro atoms. The molecule has 0 radical (unpaired) electrons. The van der Waals surface area contributed by atoms with Crippen molar-refractivity contribution in [3.63, 3.8) is 0 Å². The Kier molecular flexibility index (Phi) is 5.20. The van der Waals surface area contributed by atoms with Gasteiger partial charge in [-0.05, 0) is 48.6 Å². The number of nitrogens with zero attached hydrogens (tertiary/aromatic N) is 4. The van der Waals surface area contributed by atoms with Crippen molar-refractivity contribution < 1.29 is 4.74 Å². The minimum atomic E-state index is -0.0569. The number of methoxy groups -OCH3 is 1. The fourth-order valence-electron chi connectivity index (χ4n) is 3.93. The Bertz CT molecular complexity index is 1140. The zero-order valence-corrected chi connectivity index (χ0v) is 18.1. The minimum absolute atomic E-state index is 0.0236. The Hall–Kier alpha value is -2.81. The van der Waals surface area contributed by atoms with Gasteiger partial charge in [0.15, 0.2) is 10.2 Å². The molecule has 1 aliphatic rings. The Morgan fingerprint density at radius 1 is 1.13 bits per heavy atom. The van der Waals surface area contributed by atoms with Gasteiger partial charge in [0.05, 0.1) is 40.3 Å². The second-order valence-electron chi connectivity index (χ2n) is 7.08. The lowest BCUT2D eigenvalue weighted by Crippen LogP contribution is -2.33. The molecule has 0 aliphatic carbocycles. The Morgan fingerprint density at radius 2 is 2.00 bits per heavy atom. The quantitative estimate of drug-likeness (QED) is 0.460. The highest BCUT2D eigenvalue weighted by atomic mass is 32.1. The molecule has 1 aromatic carbocycles. The zero-order valence-electron chi connectivity index (χ0n) is 16.4. The number of ether oxygens (including phenoxy) is 1. The number of thiazole rings is 1. The molecule has 0 unspecified atom stereocenters. The Morgan fingerprint density at radius 3 is 2.80 bits per heavy atom. The van der Waals surface area contributed by atoms with Crippen LogP contribution in [0.25, 0.3) is 15.3 Å². The molecule has 30 heavy (non-hydrogen) atoms. The van der Waals surface area contributed by atoms with E-state index in [2.05, 4.69) is 44.2 Å². The molecule has 8 heteroatoms. The van der Waals surface area contributed by atoms with Gasteiger partial charge < -0.3 is 15.0 Å². The van der Waals surface area contributed by atoms with E-state index in [0.717, 1.165) is 22.0 Å². The number of pyridine rings is 1. The lowest BCUT2D eigenvalue weighted by Gasteiger charge is -2.28. The topological polar surface area (TPSA) is 55.2 Å². The number of thiocarbonyl (C=S) groups is 1. The largest absolute Gasteiger partial charge is 0.383 e. The van der Waals surface area contributed by atoms with Crippen molar-refractivity contribution in [2.24, 2.45) is 0 Å². The van der Waals surface area contributed by atoms with Crippen LogP contribution < -0.4 is 5.32 Å². The van der Waals surface area contributed by atoms with E-state index in [1.165, 1.54) is 4.70 Å². The summed E-state index contributed by atoms with van der Waals surface area (Å²) in [4.78, 5) is 11.7. The SMILES string of the molecule is COCCN1C(=S)N[C@H](c2ccccn2)[C@H]1c1cccn1-c1nc2ccccc2s1. The number of benzene rings is 1. The first kappa shape index (κ1) is 19.2. The number of hydrogen-bond acceptors (Lipinski definition) is 5. The number of aromatic nitrogens is 3. The predicted octanol–water partition coefficient (Wildman–Crippen LogP) is 4.10. The summed E-state index contributed by atoms with van der Waals surface area (Å²) in [5.74, 6) is 0. The van der Waals surface area contributed by atoms with Crippen LogP contribution in [-0.4, -0.2) is 44.8 Å². The summed E-state index contributed by atoms with van der Waals surface area (Å²) in [5.41, 5.74) is 3.09. The molecule has 152 valence electrons. The van der Waals surface area contributed by atoms with E-state index in [4.69, 9.17) is 21.9 Å². The van der Waals surface area contributed by atoms with E-state index in [9.17, 15) is 0 Å². The predicted molar refractivity (Wildman–Crippen MR) is 123 cm³/mol. The third kappa shape index (κ3) is 3.36. The first-order valence-corrected chi connectivity index (χ1v) is 11.0. The summed E-state index contributed by atoms with van der Waals surface area (Å²) in [6.45, 7) is 1.29. The molecular formula is C22H21N5OS2. The first-order valence-electron chi connectivity index (χ1n) is 9.76. The lowest BCUT2D eigenvalue weighted by molar-refractivity contribution is 0.163. The van der Waals surface area contributed by atoms with Crippen LogP contribution in [0.1, 0.15) is 23.5 Å². The maximum absolute atomic E-state index is 5.70. The van der Waals surface area contributed by atoms with Crippen molar-refractivity contribution in [3.8, 4) is 5.13 Å². The average molecular weight is 436 g/mol. The lowest BCUT2D eigenvalue weighted by atomic mass is 10.0. The summed E-state index contributed by atoms with van der Waals surface area (Å²) in [6, 6.07) is 18.3. The number of nitrogens with one attached hydrogen (secondary N) is 1. The summed E-state index contributed by atoms with van der Waals surface area (Å²) in [5, 5.41) is 5.14. The van der Waals surface area contributed by atoms with Crippen LogP contribution in [0.15, 0.2) is 67.0 Å². The van der Waals surface area contributed by atoms with E-state index in [-0.39, 0.29) is 12.1 Å². The molecule has 6 nitrogen and oxygen atoms in total. The van der Waals surface area contributed by atoms with Gasteiger partial charge in [0, 0.05) is 26.0 Å². The zero-order chi connectivity index (χ0) is 20.5. The number of fused-ring (bicyclic) bond motifs is 1. The normalized spacial score (nSPS) is 18.8. The van der Waals surface area contributed by atoms with Crippen molar-refractivity contribution in [2.45, 2.75) is 12.1 Å². The van der Waals surface area contributed by atoms with E-state index < -0.39 is 0 Å². The number of hydrogen-bond donors (Lipinski definition) is 1. The Labute approximate surface area is 184 Å². The van der Waals surface area contributed by atoms with Crippen molar-refractivity contribution in [3.05, 3.63) is 78.4 Å². The smallest absolute Gasteiger partial charge is 0.194 e. The molecule has 4 heterocycles. The summed E-state index contributed by atoms with van der Waals surface area (Å²) in [6.07, 6.45) is 3.89. The van der Waals surface area contributed by atoms with E-state index in [1.807, 2.05) is 42.6 Å². The second-order valence-corrected chi connectivity index (χ2v) is 8.48. The number of para-hydroxylation sites is 1. The molecule has 0 saturated carbocycles. The van der Waals surface area contributed by atoms with Crippen LogP contribution in [0, 0.1) is 0 Å². The van der Waals surface area contributed by atoms with Gasteiger partial charge in [0.1, 0.15) is 0 Å². The maximum atomic E-state index is 5.70. The van der Waals surface area contributed by atoms with Gasteiger partial charge in [-0.3, -0.25) is 9.55 Å². The molecule has 2 atom stereocenters. The minimum Gasteiger partial charge on any atom is -0.383 e. The van der Waals surface area contributed by atoms with Gasteiger partial charge in [-0.2, -0.15) is 0 Å². The average Bonchev–Trinajstić information content (AvgIpc) is 3.49. The van der Waals surface area contributed by atoms with Crippen molar-refractivity contribution in [2.75, 3.05) is 20.3 Å².